The van der Waals surface area contributed by atoms with E-state index < -0.39 is 16.7 Å². The Morgan fingerprint density at radius 1 is 1.50 bits per heavy atom. The number of nitrogens with zero attached hydrogens (tertiary/aromatic N) is 3. The van der Waals surface area contributed by atoms with Crippen molar-refractivity contribution >= 4 is 33.8 Å². The van der Waals surface area contributed by atoms with Crippen molar-refractivity contribution in [2.45, 2.75) is 20.3 Å². The average molecular weight is 270 g/mol. The number of carboxylic acids is 1. The molecule has 18 heavy (non-hydrogen) atoms. The van der Waals surface area contributed by atoms with Gasteiger partial charge in [-0.1, -0.05) is 0 Å². The molecule has 1 aliphatic rings. The van der Waals surface area contributed by atoms with Gasteiger partial charge in [-0.3, -0.25) is 14.6 Å². The van der Waals surface area contributed by atoms with E-state index in [2.05, 4.69) is 19.9 Å². The highest BCUT2D eigenvalue weighted by Gasteiger charge is 2.13. The third-order valence-corrected chi connectivity index (χ3v) is 3.11. The highest BCUT2D eigenvalue weighted by Crippen LogP contribution is 2.14. The molecule has 98 valence electrons. The first-order chi connectivity index (χ1) is 8.49. The molecule has 0 aromatic heterocycles. The van der Waals surface area contributed by atoms with Crippen LogP contribution in [-0.4, -0.2) is 34.8 Å². The van der Waals surface area contributed by atoms with Crippen LogP contribution in [0.2, 0.25) is 0 Å². The molecule has 0 aliphatic carbocycles. The SMILES string of the molecule is CC(C)=NN=S1C=NC=C1CC(=O)NCC(=O)O. The van der Waals surface area contributed by atoms with E-state index >= 15 is 0 Å². The lowest BCUT2D eigenvalue weighted by Gasteiger charge is -2.03. The van der Waals surface area contributed by atoms with Crippen LogP contribution in [0.4, 0.5) is 0 Å². The zero-order chi connectivity index (χ0) is 13.5. The van der Waals surface area contributed by atoms with Crippen molar-refractivity contribution in [3.63, 3.8) is 0 Å². The number of hydrogen-bond acceptors (Lipinski definition) is 4. The molecule has 0 aromatic carbocycles. The Hall–Kier alpha value is -1.83. The van der Waals surface area contributed by atoms with Crippen LogP contribution in [0.15, 0.2) is 25.7 Å². The Morgan fingerprint density at radius 2 is 2.22 bits per heavy atom. The quantitative estimate of drug-likeness (QED) is 0.566. The van der Waals surface area contributed by atoms with E-state index in [0.717, 1.165) is 10.6 Å². The molecular formula is C10H14N4O3S. The van der Waals surface area contributed by atoms with Crippen molar-refractivity contribution in [2.24, 2.45) is 14.6 Å². The second-order valence-corrected chi connectivity index (χ2v) is 5.17. The highest BCUT2D eigenvalue weighted by molar-refractivity contribution is 8.04. The summed E-state index contributed by atoms with van der Waals surface area (Å²) < 4.78 is 4.05. The van der Waals surface area contributed by atoms with Gasteiger partial charge in [-0.25, -0.2) is 0 Å². The molecule has 0 radical (unpaired) electrons. The Balaban J connectivity index is 2.57. The molecule has 0 spiro atoms. The van der Waals surface area contributed by atoms with Gasteiger partial charge in [0.15, 0.2) is 0 Å². The molecule has 2 N–H and O–H groups in total. The van der Waals surface area contributed by atoms with Crippen molar-refractivity contribution in [2.75, 3.05) is 6.54 Å². The summed E-state index contributed by atoms with van der Waals surface area (Å²) in [6.45, 7) is 3.26. The molecular weight excluding hydrogens is 256 g/mol. The maximum atomic E-state index is 11.4. The van der Waals surface area contributed by atoms with Crippen molar-refractivity contribution in [3.8, 4) is 0 Å². The van der Waals surface area contributed by atoms with Gasteiger partial charge in [-0.2, -0.15) is 5.10 Å². The van der Waals surface area contributed by atoms with Crippen molar-refractivity contribution in [1.29, 1.82) is 0 Å². The Bertz CT molecular complexity index is 476. The van der Waals surface area contributed by atoms with E-state index in [9.17, 15) is 9.59 Å². The summed E-state index contributed by atoms with van der Waals surface area (Å²) in [7, 11) is -0.622. The first-order valence-corrected chi connectivity index (χ1v) is 6.39. The fraction of sp³-hybridized carbons (Fsp3) is 0.400. The maximum absolute atomic E-state index is 11.4. The summed E-state index contributed by atoms with van der Waals surface area (Å²) >= 11 is 0. The van der Waals surface area contributed by atoms with Crippen LogP contribution in [0.25, 0.3) is 0 Å². The molecule has 0 aromatic rings. The van der Waals surface area contributed by atoms with Gasteiger partial charge in [0.2, 0.25) is 5.91 Å². The van der Waals surface area contributed by atoms with E-state index in [4.69, 9.17) is 5.11 Å². The van der Waals surface area contributed by atoms with Gasteiger partial charge in [0.1, 0.15) is 6.54 Å². The minimum Gasteiger partial charge on any atom is -0.480 e. The number of carboxylic acid groups (broad SMARTS) is 1. The van der Waals surface area contributed by atoms with Crippen LogP contribution in [0.1, 0.15) is 20.3 Å². The minimum atomic E-state index is -1.07. The standard InChI is InChI=1S/C10H14N4O3S/c1-7(2)13-14-18-6-11-4-8(18)3-9(15)12-5-10(16)17/h4,6H,3,5H2,1-2H3,(H,12,15)(H,16,17). The second-order valence-electron chi connectivity index (χ2n) is 3.64. The number of carbonyl (C=O) groups excluding carboxylic acids is 1. The molecule has 1 unspecified atom stereocenters. The van der Waals surface area contributed by atoms with E-state index in [1.807, 2.05) is 13.8 Å². The molecule has 1 atom stereocenters. The van der Waals surface area contributed by atoms with Crippen molar-refractivity contribution in [1.82, 2.24) is 5.32 Å². The molecule has 0 fully saturated rings. The molecule has 1 aliphatic heterocycles. The van der Waals surface area contributed by atoms with Gasteiger partial charge in [0.05, 0.1) is 12.0 Å². The average Bonchev–Trinajstić information content (AvgIpc) is 2.71. The van der Waals surface area contributed by atoms with E-state index in [1.165, 1.54) is 0 Å². The summed E-state index contributed by atoms with van der Waals surface area (Å²) in [5.74, 6) is -1.44. The van der Waals surface area contributed by atoms with Gasteiger partial charge < -0.3 is 10.4 Å². The number of amides is 1. The van der Waals surface area contributed by atoms with Crippen LogP contribution < -0.4 is 5.32 Å². The molecule has 7 nitrogen and oxygen atoms in total. The molecule has 8 heteroatoms. The van der Waals surface area contributed by atoms with Crippen LogP contribution in [0.3, 0.4) is 0 Å². The van der Waals surface area contributed by atoms with Gasteiger partial charge in [-0.15, -0.1) is 4.47 Å². The highest BCUT2D eigenvalue weighted by atomic mass is 32.2. The largest absolute Gasteiger partial charge is 0.480 e. The zero-order valence-corrected chi connectivity index (χ0v) is 10.9. The normalized spacial score (nSPS) is 17.4. The maximum Gasteiger partial charge on any atom is 0.322 e. The van der Waals surface area contributed by atoms with Crippen molar-refractivity contribution in [3.05, 3.63) is 11.1 Å². The first-order valence-electron chi connectivity index (χ1n) is 5.15. The van der Waals surface area contributed by atoms with Crippen LogP contribution in [-0.2, 0) is 20.3 Å². The number of hydrogen-bond donors (Lipinski definition) is 2. The van der Waals surface area contributed by atoms with E-state index in [0.29, 0.717) is 0 Å². The van der Waals surface area contributed by atoms with Crippen LogP contribution >= 0.6 is 0 Å². The molecule has 0 saturated heterocycles. The Labute approximate surface area is 107 Å². The molecule has 1 heterocycles. The fourth-order valence-corrected chi connectivity index (χ4v) is 2.16. The van der Waals surface area contributed by atoms with Gasteiger partial charge in [0, 0.05) is 16.8 Å². The van der Waals surface area contributed by atoms with Gasteiger partial charge in [-0.05, 0) is 24.5 Å². The number of nitrogens with one attached hydrogen (secondary N) is 1. The van der Waals surface area contributed by atoms with Gasteiger partial charge >= 0.3 is 5.97 Å². The summed E-state index contributed by atoms with van der Waals surface area (Å²) in [6.07, 6.45) is 1.64. The number of aliphatic imine (C=N–C) groups is 1. The third kappa shape index (κ3) is 5.00. The molecule has 1 amide bonds. The monoisotopic (exact) mass is 270 g/mol. The van der Waals surface area contributed by atoms with E-state index in [-0.39, 0.29) is 18.9 Å². The topological polar surface area (TPSA) is 103 Å². The smallest absolute Gasteiger partial charge is 0.322 e. The van der Waals surface area contributed by atoms with Crippen molar-refractivity contribution < 1.29 is 14.7 Å². The first kappa shape index (κ1) is 14.2. The predicted octanol–water partition coefficient (Wildman–Crippen LogP) is 0.658. The Kier molecular flexibility index (Phi) is 5.37. The van der Waals surface area contributed by atoms with Crippen LogP contribution in [0, 0.1) is 0 Å². The third-order valence-electron chi connectivity index (χ3n) is 1.75. The fourth-order valence-electron chi connectivity index (χ4n) is 1.01. The van der Waals surface area contributed by atoms with E-state index in [1.54, 1.807) is 11.7 Å². The lowest BCUT2D eigenvalue weighted by molar-refractivity contribution is -0.137. The van der Waals surface area contributed by atoms with Crippen LogP contribution in [0.5, 0.6) is 0 Å². The minimum absolute atomic E-state index is 0.0815. The Morgan fingerprint density at radius 3 is 2.83 bits per heavy atom. The second kappa shape index (κ2) is 6.80. The summed E-state index contributed by atoms with van der Waals surface area (Å²) in [4.78, 5) is 26.4. The summed E-state index contributed by atoms with van der Waals surface area (Å²) in [5.41, 5.74) is 2.43. The predicted molar refractivity (Wildman–Crippen MR) is 70.4 cm³/mol. The zero-order valence-electron chi connectivity index (χ0n) is 10.1. The number of carbonyl (C=O) groups is 2. The number of aliphatic carboxylic acids is 1. The van der Waals surface area contributed by atoms with Gasteiger partial charge in [0.25, 0.3) is 0 Å². The lowest BCUT2D eigenvalue weighted by atomic mass is 10.4. The summed E-state index contributed by atoms with van der Waals surface area (Å²) in [5, 5.41) is 14.7. The number of rotatable bonds is 5. The lowest BCUT2D eigenvalue weighted by Crippen LogP contribution is -2.29. The molecule has 1 rings (SSSR count). The molecule has 0 bridgehead atoms. The summed E-state index contributed by atoms with van der Waals surface area (Å²) in [6, 6.07) is 0. The molecule has 0 saturated carbocycles.